The van der Waals surface area contributed by atoms with Gasteiger partial charge in [0.05, 0.1) is 6.10 Å². The normalized spacial score (nSPS) is 14.6. The van der Waals surface area contributed by atoms with Crippen LogP contribution in [-0.4, -0.2) is 27.9 Å². The van der Waals surface area contributed by atoms with E-state index in [4.69, 9.17) is 0 Å². The predicted octanol–water partition coefficient (Wildman–Crippen LogP) is 1.35. The van der Waals surface area contributed by atoms with Crippen LogP contribution >= 0.6 is 12.6 Å². The van der Waals surface area contributed by atoms with Gasteiger partial charge in [-0.05, 0) is 25.1 Å². The molecule has 0 aliphatic heterocycles. The lowest BCUT2D eigenvalue weighted by molar-refractivity contribution is 0.0314. The van der Waals surface area contributed by atoms with Crippen LogP contribution in [0.25, 0.3) is 0 Å². The van der Waals surface area contributed by atoms with Gasteiger partial charge in [-0.3, -0.25) is 4.79 Å². The molecule has 16 heavy (non-hydrogen) atoms. The van der Waals surface area contributed by atoms with E-state index < -0.39 is 18.0 Å². The summed E-state index contributed by atoms with van der Waals surface area (Å²) in [6, 6.07) is 3.68. The van der Waals surface area contributed by atoms with Gasteiger partial charge in [0.25, 0.3) is 0 Å². The van der Waals surface area contributed by atoms with Gasteiger partial charge >= 0.3 is 0 Å². The lowest BCUT2D eigenvalue weighted by atomic mass is 10.0. The third kappa shape index (κ3) is 2.81. The number of ketones is 1. The highest BCUT2D eigenvalue weighted by atomic mass is 32.1. The summed E-state index contributed by atoms with van der Waals surface area (Å²) in [6.07, 6.45) is -2.54. The monoisotopic (exact) mass is 244 g/mol. The van der Waals surface area contributed by atoms with Crippen molar-refractivity contribution >= 4 is 18.4 Å². The van der Waals surface area contributed by atoms with E-state index in [9.17, 15) is 19.4 Å². The molecule has 2 unspecified atom stereocenters. The average Bonchev–Trinajstić information content (AvgIpc) is 2.27. The van der Waals surface area contributed by atoms with Crippen LogP contribution in [-0.2, 0) is 0 Å². The number of aliphatic hydroxyl groups is 2. The van der Waals surface area contributed by atoms with Crippen LogP contribution < -0.4 is 0 Å². The Labute approximate surface area is 98.3 Å². The van der Waals surface area contributed by atoms with Gasteiger partial charge in [0.15, 0.2) is 5.78 Å². The number of Topliss-reactive ketones (excluding diaryl/α,β-unsaturated/α-hetero) is 1. The minimum Gasteiger partial charge on any atom is -0.389 e. The van der Waals surface area contributed by atoms with Gasteiger partial charge < -0.3 is 10.2 Å². The topological polar surface area (TPSA) is 57.5 Å². The minimum atomic E-state index is -1.38. The second kappa shape index (κ2) is 5.43. The number of halogens is 1. The first-order valence-corrected chi connectivity index (χ1v) is 5.38. The molecule has 3 nitrogen and oxygen atoms in total. The van der Waals surface area contributed by atoms with Gasteiger partial charge in [-0.2, -0.15) is 12.6 Å². The molecule has 0 heterocycles. The average molecular weight is 244 g/mol. The van der Waals surface area contributed by atoms with Crippen molar-refractivity contribution in [2.24, 2.45) is 0 Å². The van der Waals surface area contributed by atoms with Crippen LogP contribution in [0.4, 0.5) is 4.39 Å². The highest BCUT2D eigenvalue weighted by Gasteiger charge is 2.21. The van der Waals surface area contributed by atoms with Crippen molar-refractivity contribution in [2.75, 3.05) is 5.75 Å². The quantitative estimate of drug-likeness (QED) is 0.553. The van der Waals surface area contributed by atoms with Gasteiger partial charge in [-0.25, -0.2) is 4.39 Å². The lowest BCUT2D eigenvalue weighted by Crippen LogP contribution is -2.21. The van der Waals surface area contributed by atoms with Crippen molar-refractivity contribution in [3.63, 3.8) is 0 Å². The van der Waals surface area contributed by atoms with Crippen molar-refractivity contribution in [3.05, 3.63) is 35.1 Å². The minimum absolute atomic E-state index is 0.00487. The molecule has 0 fully saturated rings. The van der Waals surface area contributed by atoms with Crippen molar-refractivity contribution in [2.45, 2.75) is 19.1 Å². The van der Waals surface area contributed by atoms with E-state index in [1.54, 1.807) is 0 Å². The van der Waals surface area contributed by atoms with Crippen LogP contribution in [0, 0.1) is 5.82 Å². The summed E-state index contributed by atoms with van der Waals surface area (Å²) in [5.41, 5.74) is 0.205. The summed E-state index contributed by atoms with van der Waals surface area (Å²) in [5.74, 6) is -0.877. The van der Waals surface area contributed by atoms with Crippen molar-refractivity contribution in [1.29, 1.82) is 0 Å². The summed E-state index contributed by atoms with van der Waals surface area (Å²) in [4.78, 5) is 11.1. The van der Waals surface area contributed by atoms with E-state index in [0.29, 0.717) is 5.56 Å². The van der Waals surface area contributed by atoms with E-state index in [2.05, 4.69) is 12.6 Å². The van der Waals surface area contributed by atoms with Crippen molar-refractivity contribution < 1.29 is 19.4 Å². The van der Waals surface area contributed by atoms with E-state index in [-0.39, 0.29) is 17.1 Å². The van der Waals surface area contributed by atoms with E-state index in [0.717, 1.165) is 6.07 Å². The highest BCUT2D eigenvalue weighted by molar-refractivity contribution is 7.80. The molecule has 0 aromatic heterocycles. The summed E-state index contributed by atoms with van der Waals surface area (Å²) < 4.78 is 13.4. The maximum Gasteiger partial charge on any atom is 0.159 e. The lowest BCUT2D eigenvalue weighted by Gasteiger charge is -2.17. The Morgan fingerprint density at radius 3 is 2.62 bits per heavy atom. The largest absolute Gasteiger partial charge is 0.389 e. The number of thiol groups is 1. The molecule has 2 N–H and O–H groups in total. The first-order chi connectivity index (χ1) is 7.47. The summed E-state index contributed by atoms with van der Waals surface area (Å²) in [5, 5.41) is 19.0. The van der Waals surface area contributed by atoms with Crippen LogP contribution in [0.5, 0.6) is 0 Å². The Kier molecular flexibility index (Phi) is 4.46. The van der Waals surface area contributed by atoms with Gasteiger partial charge in [0.1, 0.15) is 11.9 Å². The third-order valence-corrected chi connectivity index (χ3v) is 2.65. The standard InChI is InChI=1S/C11H13FO3S/c1-6(13)7-2-3-9(12)8(4-7)11(15)10(14)5-16/h2-4,10-11,14-16H,5H2,1H3. The van der Waals surface area contributed by atoms with Crippen LogP contribution in [0.1, 0.15) is 28.9 Å². The molecule has 0 saturated carbocycles. The molecule has 0 spiro atoms. The number of hydrogen-bond acceptors (Lipinski definition) is 4. The van der Waals surface area contributed by atoms with Crippen LogP contribution in [0.15, 0.2) is 18.2 Å². The van der Waals surface area contributed by atoms with Gasteiger partial charge in [-0.1, -0.05) is 0 Å². The first-order valence-electron chi connectivity index (χ1n) is 4.74. The molecule has 1 rings (SSSR count). The van der Waals surface area contributed by atoms with E-state index in [1.165, 1.54) is 19.1 Å². The smallest absolute Gasteiger partial charge is 0.159 e. The SMILES string of the molecule is CC(=O)c1ccc(F)c(C(O)C(O)CS)c1. The molecular formula is C11H13FO3S. The predicted molar refractivity (Wildman–Crippen MR) is 61.2 cm³/mol. The molecular weight excluding hydrogens is 231 g/mol. The third-order valence-electron chi connectivity index (χ3n) is 2.27. The summed E-state index contributed by atoms with van der Waals surface area (Å²) in [6.45, 7) is 1.35. The summed E-state index contributed by atoms with van der Waals surface area (Å²) in [7, 11) is 0. The number of carbonyl (C=O) groups excluding carboxylic acids is 1. The van der Waals surface area contributed by atoms with Crippen LogP contribution in [0.2, 0.25) is 0 Å². The fourth-order valence-corrected chi connectivity index (χ4v) is 1.50. The van der Waals surface area contributed by atoms with Crippen LogP contribution in [0.3, 0.4) is 0 Å². The zero-order chi connectivity index (χ0) is 12.3. The molecule has 0 bridgehead atoms. The van der Waals surface area contributed by atoms with E-state index >= 15 is 0 Å². The summed E-state index contributed by atoms with van der Waals surface area (Å²) >= 11 is 3.81. The molecule has 1 aromatic rings. The molecule has 5 heteroatoms. The Bertz CT molecular complexity index is 395. The molecule has 88 valence electrons. The maximum absolute atomic E-state index is 13.4. The number of aliphatic hydroxyl groups excluding tert-OH is 2. The number of rotatable bonds is 4. The zero-order valence-corrected chi connectivity index (χ0v) is 9.62. The second-order valence-corrected chi connectivity index (χ2v) is 3.85. The van der Waals surface area contributed by atoms with Crippen molar-refractivity contribution in [1.82, 2.24) is 0 Å². The number of hydrogen-bond donors (Lipinski definition) is 3. The maximum atomic E-state index is 13.4. The Morgan fingerprint density at radius 1 is 1.50 bits per heavy atom. The Hall–Kier alpha value is -0.910. The van der Waals surface area contributed by atoms with Gasteiger partial charge in [-0.15, -0.1) is 0 Å². The second-order valence-electron chi connectivity index (χ2n) is 3.49. The van der Waals surface area contributed by atoms with Gasteiger partial charge in [0.2, 0.25) is 0 Å². The molecule has 0 amide bonds. The number of benzene rings is 1. The molecule has 1 aromatic carbocycles. The first kappa shape index (κ1) is 13.2. The molecule has 0 saturated heterocycles. The fourth-order valence-electron chi connectivity index (χ4n) is 1.30. The fraction of sp³-hybridized carbons (Fsp3) is 0.364. The molecule has 0 aliphatic carbocycles. The molecule has 0 aliphatic rings. The van der Waals surface area contributed by atoms with E-state index in [1.807, 2.05) is 0 Å². The Morgan fingerprint density at radius 2 is 2.12 bits per heavy atom. The zero-order valence-electron chi connectivity index (χ0n) is 8.72. The Balaban J connectivity index is 3.11. The number of carbonyl (C=O) groups is 1. The molecule has 2 atom stereocenters. The highest BCUT2D eigenvalue weighted by Crippen LogP contribution is 2.22. The van der Waals surface area contributed by atoms with Gasteiger partial charge in [0, 0.05) is 16.9 Å². The molecule has 0 radical (unpaired) electrons. The van der Waals surface area contributed by atoms with Crippen molar-refractivity contribution in [3.8, 4) is 0 Å².